The highest BCUT2D eigenvalue weighted by molar-refractivity contribution is 6.09. The number of carbonyl (C=O) groups excluding carboxylic acids is 2. The van der Waals surface area contributed by atoms with Crippen molar-refractivity contribution in [2.45, 2.75) is 13.0 Å². The van der Waals surface area contributed by atoms with Crippen LogP contribution in [0.5, 0.6) is 5.75 Å². The van der Waals surface area contributed by atoms with Gasteiger partial charge in [-0.15, -0.1) is 0 Å². The third-order valence-corrected chi connectivity index (χ3v) is 2.27. The maximum atomic E-state index is 11.7. The Morgan fingerprint density at radius 2 is 2.24 bits per heavy atom. The molecule has 6 nitrogen and oxygen atoms in total. The second-order valence-electron chi connectivity index (χ2n) is 3.37. The Hall–Kier alpha value is -2.08. The van der Waals surface area contributed by atoms with Gasteiger partial charge >= 0.3 is 11.9 Å². The molecule has 1 amide bonds. The summed E-state index contributed by atoms with van der Waals surface area (Å²) in [7, 11) is 0. The zero-order valence-corrected chi connectivity index (χ0v) is 9.12. The number of amides is 1. The molecule has 1 atom stereocenters. The molecular weight excluding hydrogens is 226 g/mol. The van der Waals surface area contributed by atoms with Crippen molar-refractivity contribution in [3.8, 4) is 5.75 Å². The summed E-state index contributed by atoms with van der Waals surface area (Å²) < 4.78 is 9.90. The van der Waals surface area contributed by atoms with Crippen LogP contribution in [0.4, 0.5) is 5.69 Å². The number of hydrogen-bond acceptors (Lipinski definition) is 5. The van der Waals surface area contributed by atoms with Crippen LogP contribution in [-0.4, -0.2) is 29.8 Å². The van der Waals surface area contributed by atoms with Gasteiger partial charge in [0.25, 0.3) is 6.10 Å². The number of esters is 1. The molecule has 1 aromatic rings. The van der Waals surface area contributed by atoms with Crippen LogP contribution >= 0.6 is 0 Å². The Labute approximate surface area is 97.3 Å². The van der Waals surface area contributed by atoms with Crippen molar-refractivity contribution in [3.05, 3.63) is 24.3 Å². The van der Waals surface area contributed by atoms with Gasteiger partial charge in [0.05, 0.1) is 6.61 Å². The van der Waals surface area contributed by atoms with Gasteiger partial charge in [0.2, 0.25) is 0 Å². The fourth-order valence-corrected chi connectivity index (χ4v) is 1.51. The van der Waals surface area contributed by atoms with Crippen LogP contribution in [0.15, 0.2) is 24.3 Å². The van der Waals surface area contributed by atoms with E-state index >= 15 is 0 Å². The number of fused-ring (bicyclic) bond motifs is 1. The topological polar surface area (TPSA) is 76.1 Å². The minimum atomic E-state index is -1.45. The van der Waals surface area contributed by atoms with E-state index in [9.17, 15) is 14.8 Å². The molecule has 1 aliphatic heterocycles. The first-order chi connectivity index (χ1) is 8.15. The molecular formula is C11H11NO5. The SMILES string of the molecule is CCOC(=O)C1Oc2ccccc2N(O)C1=O. The van der Waals surface area contributed by atoms with E-state index in [0.717, 1.165) is 0 Å². The van der Waals surface area contributed by atoms with Crippen LogP contribution in [-0.2, 0) is 14.3 Å². The van der Waals surface area contributed by atoms with Crippen LogP contribution in [0.3, 0.4) is 0 Å². The maximum absolute atomic E-state index is 11.7. The fraction of sp³-hybridized carbons (Fsp3) is 0.273. The van der Waals surface area contributed by atoms with E-state index in [0.29, 0.717) is 5.06 Å². The van der Waals surface area contributed by atoms with Crippen LogP contribution < -0.4 is 9.80 Å². The van der Waals surface area contributed by atoms with E-state index in [1.807, 2.05) is 0 Å². The number of anilines is 1. The van der Waals surface area contributed by atoms with Crippen molar-refractivity contribution >= 4 is 17.6 Å². The molecule has 2 rings (SSSR count). The lowest BCUT2D eigenvalue weighted by Crippen LogP contribution is -2.49. The molecule has 0 aromatic heterocycles. The number of para-hydroxylation sites is 2. The molecule has 6 heteroatoms. The molecule has 0 fully saturated rings. The lowest BCUT2D eigenvalue weighted by molar-refractivity contribution is -0.157. The minimum Gasteiger partial charge on any atom is -0.466 e. The van der Waals surface area contributed by atoms with Crippen molar-refractivity contribution in [2.24, 2.45) is 0 Å². The van der Waals surface area contributed by atoms with E-state index in [4.69, 9.17) is 9.47 Å². The zero-order chi connectivity index (χ0) is 12.4. The zero-order valence-electron chi connectivity index (χ0n) is 9.12. The van der Waals surface area contributed by atoms with Gasteiger partial charge in [-0.05, 0) is 19.1 Å². The number of nitrogens with zero attached hydrogens (tertiary/aromatic N) is 1. The molecule has 1 unspecified atom stereocenters. The molecule has 0 bridgehead atoms. The quantitative estimate of drug-likeness (QED) is 0.466. The van der Waals surface area contributed by atoms with E-state index in [2.05, 4.69) is 0 Å². The highest BCUT2D eigenvalue weighted by Gasteiger charge is 2.39. The lowest BCUT2D eigenvalue weighted by atomic mass is 10.2. The summed E-state index contributed by atoms with van der Waals surface area (Å²) >= 11 is 0. The normalized spacial score (nSPS) is 18.4. The van der Waals surface area contributed by atoms with Gasteiger partial charge in [-0.1, -0.05) is 12.1 Å². The summed E-state index contributed by atoms with van der Waals surface area (Å²) in [5, 5.41) is 10.0. The predicted octanol–water partition coefficient (Wildman–Crippen LogP) is 0.733. The third kappa shape index (κ3) is 1.94. The third-order valence-electron chi connectivity index (χ3n) is 2.27. The first-order valence-corrected chi connectivity index (χ1v) is 5.10. The average molecular weight is 237 g/mol. The summed E-state index contributed by atoms with van der Waals surface area (Å²) in [6.07, 6.45) is -1.45. The standard InChI is InChI=1S/C11H11NO5/c1-2-16-11(14)9-10(13)12(15)7-5-3-4-6-8(7)17-9/h3-6,9,15H,2H2,1H3. The summed E-state index contributed by atoms with van der Waals surface area (Å²) in [5.74, 6) is -1.42. The van der Waals surface area contributed by atoms with Gasteiger partial charge in [0.1, 0.15) is 11.4 Å². The lowest BCUT2D eigenvalue weighted by Gasteiger charge is -2.28. The smallest absolute Gasteiger partial charge is 0.357 e. The number of ether oxygens (including phenoxy) is 2. The van der Waals surface area contributed by atoms with E-state index in [-0.39, 0.29) is 18.0 Å². The Kier molecular flexibility index (Phi) is 2.97. The highest BCUT2D eigenvalue weighted by Crippen LogP contribution is 2.32. The summed E-state index contributed by atoms with van der Waals surface area (Å²) in [4.78, 5) is 23.1. The van der Waals surface area contributed by atoms with E-state index in [1.54, 1.807) is 25.1 Å². The predicted molar refractivity (Wildman–Crippen MR) is 56.8 cm³/mol. The van der Waals surface area contributed by atoms with Crippen molar-refractivity contribution in [1.82, 2.24) is 0 Å². The van der Waals surface area contributed by atoms with Crippen molar-refractivity contribution in [2.75, 3.05) is 11.7 Å². The minimum absolute atomic E-state index is 0.138. The molecule has 0 spiro atoms. The number of rotatable bonds is 2. The largest absolute Gasteiger partial charge is 0.466 e. The Morgan fingerprint density at radius 1 is 1.53 bits per heavy atom. The molecule has 17 heavy (non-hydrogen) atoms. The van der Waals surface area contributed by atoms with Gasteiger partial charge in [-0.2, -0.15) is 5.06 Å². The van der Waals surface area contributed by atoms with Crippen molar-refractivity contribution in [3.63, 3.8) is 0 Å². The Bertz CT molecular complexity index is 459. The molecule has 1 N–H and O–H groups in total. The first-order valence-electron chi connectivity index (χ1n) is 5.10. The van der Waals surface area contributed by atoms with Crippen LogP contribution in [0.25, 0.3) is 0 Å². The van der Waals surface area contributed by atoms with Crippen molar-refractivity contribution < 1.29 is 24.3 Å². The molecule has 0 aliphatic carbocycles. The molecule has 0 radical (unpaired) electrons. The summed E-state index contributed by atoms with van der Waals surface area (Å²) in [6.45, 7) is 1.76. The van der Waals surface area contributed by atoms with Crippen LogP contribution in [0.1, 0.15) is 6.92 Å². The molecule has 0 saturated heterocycles. The van der Waals surface area contributed by atoms with Gasteiger partial charge < -0.3 is 9.47 Å². The highest BCUT2D eigenvalue weighted by atomic mass is 16.6. The average Bonchev–Trinajstić information content (AvgIpc) is 2.34. The van der Waals surface area contributed by atoms with Gasteiger partial charge in [0, 0.05) is 0 Å². The Morgan fingerprint density at radius 3 is 2.94 bits per heavy atom. The molecule has 1 aliphatic rings. The van der Waals surface area contributed by atoms with Crippen LogP contribution in [0.2, 0.25) is 0 Å². The second kappa shape index (κ2) is 4.42. The number of hydroxylamine groups is 1. The molecule has 90 valence electrons. The Balaban J connectivity index is 2.31. The summed E-state index contributed by atoms with van der Waals surface area (Å²) in [6, 6.07) is 6.37. The number of hydrogen-bond donors (Lipinski definition) is 1. The van der Waals surface area contributed by atoms with Gasteiger partial charge in [0.15, 0.2) is 0 Å². The van der Waals surface area contributed by atoms with Crippen LogP contribution in [0, 0.1) is 0 Å². The monoisotopic (exact) mass is 237 g/mol. The summed E-state index contributed by atoms with van der Waals surface area (Å²) in [5.41, 5.74) is 0.207. The second-order valence-corrected chi connectivity index (χ2v) is 3.37. The van der Waals surface area contributed by atoms with E-state index in [1.165, 1.54) is 6.07 Å². The van der Waals surface area contributed by atoms with Crippen molar-refractivity contribution in [1.29, 1.82) is 0 Å². The maximum Gasteiger partial charge on any atom is 0.357 e. The molecule has 0 saturated carbocycles. The van der Waals surface area contributed by atoms with Gasteiger partial charge in [-0.3, -0.25) is 10.0 Å². The molecule has 1 heterocycles. The van der Waals surface area contributed by atoms with E-state index < -0.39 is 18.0 Å². The van der Waals surface area contributed by atoms with Gasteiger partial charge in [-0.25, -0.2) is 4.79 Å². The number of carbonyl (C=O) groups is 2. The number of benzene rings is 1. The molecule has 1 aromatic carbocycles. The fourth-order valence-electron chi connectivity index (χ4n) is 1.51. The first kappa shape index (κ1) is 11.4.